The molecule has 0 radical (unpaired) electrons. The summed E-state index contributed by atoms with van der Waals surface area (Å²) in [7, 11) is 1.57. The molecule has 1 aliphatic heterocycles. The number of carbonyl (C=O) groups is 3. The zero-order chi connectivity index (χ0) is 22.4. The van der Waals surface area contributed by atoms with Crippen molar-refractivity contribution in [2.75, 3.05) is 38.7 Å². The number of nitrogens with zero attached hydrogens (tertiary/aromatic N) is 1. The van der Waals surface area contributed by atoms with E-state index in [0.717, 1.165) is 24.2 Å². The average molecular weight is 447 g/mol. The van der Waals surface area contributed by atoms with Crippen molar-refractivity contribution >= 4 is 34.1 Å². The maximum absolute atomic E-state index is 12.9. The van der Waals surface area contributed by atoms with Crippen LogP contribution in [-0.2, 0) is 9.53 Å². The van der Waals surface area contributed by atoms with Crippen LogP contribution in [0.5, 0.6) is 11.5 Å². The van der Waals surface area contributed by atoms with Crippen LogP contribution in [0.1, 0.15) is 45.4 Å². The topological polar surface area (TPSA) is 94.2 Å². The first kappa shape index (κ1) is 22.6. The highest BCUT2D eigenvalue weighted by molar-refractivity contribution is 7.18. The van der Waals surface area contributed by atoms with Gasteiger partial charge >= 0.3 is 5.97 Å². The van der Waals surface area contributed by atoms with Crippen molar-refractivity contribution in [3.05, 3.63) is 40.3 Å². The van der Waals surface area contributed by atoms with Crippen LogP contribution in [-0.4, -0.2) is 56.1 Å². The van der Waals surface area contributed by atoms with E-state index in [1.165, 1.54) is 0 Å². The molecule has 2 heterocycles. The SMILES string of the molecule is CCOC(=O)c1c(NC(=O)COc2ccc(OC)cc2)sc(C(=O)N2CCCC2)c1C. The van der Waals surface area contributed by atoms with E-state index in [0.29, 0.717) is 40.0 Å². The Bertz CT molecular complexity index is 948. The third-order valence-electron chi connectivity index (χ3n) is 4.90. The van der Waals surface area contributed by atoms with Crippen LogP contribution in [0.15, 0.2) is 24.3 Å². The first-order valence-corrected chi connectivity index (χ1v) is 10.9. The number of likely N-dealkylation sites (tertiary alicyclic amines) is 1. The second-order valence-corrected chi connectivity index (χ2v) is 8.01. The standard InChI is InChI=1S/C22H26N2O6S/c1-4-29-22(27)18-14(2)19(21(26)24-11-5-6-12-24)31-20(18)23-17(25)13-30-16-9-7-15(28-3)8-10-16/h7-10H,4-6,11-13H2,1-3H3,(H,23,25). The summed E-state index contributed by atoms with van der Waals surface area (Å²) >= 11 is 1.09. The lowest BCUT2D eigenvalue weighted by Gasteiger charge is -2.14. The third-order valence-corrected chi connectivity index (χ3v) is 6.09. The van der Waals surface area contributed by atoms with Crippen LogP contribution in [0.4, 0.5) is 5.00 Å². The summed E-state index contributed by atoms with van der Waals surface area (Å²) in [5.41, 5.74) is 0.735. The van der Waals surface area contributed by atoms with Crippen molar-refractivity contribution < 1.29 is 28.6 Å². The van der Waals surface area contributed by atoms with Gasteiger partial charge in [0.05, 0.1) is 24.2 Å². The highest BCUT2D eigenvalue weighted by atomic mass is 32.1. The number of carbonyl (C=O) groups excluding carboxylic acids is 3. The molecule has 9 heteroatoms. The van der Waals surface area contributed by atoms with Crippen molar-refractivity contribution in [1.82, 2.24) is 4.90 Å². The van der Waals surface area contributed by atoms with Gasteiger partial charge in [0.1, 0.15) is 16.5 Å². The molecule has 0 spiro atoms. The molecule has 0 aliphatic carbocycles. The maximum Gasteiger partial charge on any atom is 0.341 e. The number of thiophene rings is 1. The minimum Gasteiger partial charge on any atom is -0.497 e. The maximum atomic E-state index is 12.9. The number of amides is 2. The molecule has 1 aromatic heterocycles. The van der Waals surface area contributed by atoms with Gasteiger partial charge in [-0.3, -0.25) is 9.59 Å². The molecule has 8 nitrogen and oxygen atoms in total. The van der Waals surface area contributed by atoms with E-state index in [1.54, 1.807) is 50.1 Å². The number of hydrogen-bond acceptors (Lipinski definition) is 7. The van der Waals surface area contributed by atoms with Crippen LogP contribution in [0.25, 0.3) is 0 Å². The number of esters is 1. The summed E-state index contributed by atoms with van der Waals surface area (Å²) in [6, 6.07) is 6.84. The van der Waals surface area contributed by atoms with Crippen LogP contribution >= 0.6 is 11.3 Å². The van der Waals surface area contributed by atoms with Crippen molar-refractivity contribution in [2.24, 2.45) is 0 Å². The first-order valence-electron chi connectivity index (χ1n) is 10.1. The largest absolute Gasteiger partial charge is 0.497 e. The van der Waals surface area contributed by atoms with Gasteiger partial charge in [-0.1, -0.05) is 0 Å². The Morgan fingerprint density at radius 2 is 1.74 bits per heavy atom. The van der Waals surface area contributed by atoms with E-state index >= 15 is 0 Å². The van der Waals surface area contributed by atoms with Gasteiger partial charge in [0.15, 0.2) is 6.61 Å². The molecule has 0 bridgehead atoms. The predicted octanol–water partition coefficient (Wildman–Crippen LogP) is 3.50. The molecular weight excluding hydrogens is 420 g/mol. The molecule has 2 amide bonds. The lowest BCUT2D eigenvalue weighted by Crippen LogP contribution is -2.27. The van der Waals surface area contributed by atoms with E-state index in [2.05, 4.69) is 5.32 Å². The Morgan fingerprint density at radius 3 is 2.35 bits per heavy atom. The van der Waals surface area contributed by atoms with Crippen LogP contribution < -0.4 is 14.8 Å². The highest BCUT2D eigenvalue weighted by Crippen LogP contribution is 2.35. The molecular formula is C22H26N2O6S. The number of rotatable bonds is 8. The van der Waals surface area contributed by atoms with Crippen LogP contribution in [0, 0.1) is 6.92 Å². The lowest BCUT2D eigenvalue weighted by molar-refractivity contribution is -0.118. The molecule has 1 aromatic carbocycles. The summed E-state index contributed by atoms with van der Waals surface area (Å²) in [5, 5.41) is 3.00. The Hall–Kier alpha value is -3.07. The number of methoxy groups -OCH3 is 1. The first-order chi connectivity index (χ1) is 14.9. The van der Waals surface area contributed by atoms with E-state index in [4.69, 9.17) is 14.2 Å². The number of benzene rings is 1. The average Bonchev–Trinajstić information content (AvgIpc) is 3.41. The Balaban J connectivity index is 1.75. The van der Waals surface area contributed by atoms with Crippen molar-refractivity contribution in [3.63, 3.8) is 0 Å². The molecule has 0 saturated carbocycles. The zero-order valence-corrected chi connectivity index (χ0v) is 18.7. The summed E-state index contributed by atoms with van der Waals surface area (Å²) in [4.78, 5) is 40.1. The van der Waals surface area contributed by atoms with Gasteiger partial charge < -0.3 is 24.4 Å². The molecule has 166 valence electrons. The highest BCUT2D eigenvalue weighted by Gasteiger charge is 2.29. The van der Waals surface area contributed by atoms with E-state index in [9.17, 15) is 14.4 Å². The summed E-state index contributed by atoms with van der Waals surface area (Å²) in [6.07, 6.45) is 1.93. The fourth-order valence-electron chi connectivity index (χ4n) is 3.30. The minimum atomic E-state index is -0.567. The van der Waals surface area contributed by atoms with Crippen molar-refractivity contribution in [2.45, 2.75) is 26.7 Å². The molecule has 1 N–H and O–H groups in total. The second-order valence-electron chi connectivity index (χ2n) is 6.99. The smallest absolute Gasteiger partial charge is 0.341 e. The summed E-state index contributed by atoms with van der Waals surface area (Å²) < 4.78 is 15.7. The van der Waals surface area contributed by atoms with Gasteiger partial charge in [0, 0.05) is 13.1 Å². The Kier molecular flexibility index (Phi) is 7.51. The second kappa shape index (κ2) is 10.3. The van der Waals surface area contributed by atoms with Gasteiger partial charge in [0.25, 0.3) is 11.8 Å². The van der Waals surface area contributed by atoms with Crippen molar-refractivity contribution in [1.29, 1.82) is 0 Å². The van der Waals surface area contributed by atoms with E-state index in [-0.39, 0.29) is 24.7 Å². The Morgan fingerprint density at radius 1 is 1.10 bits per heavy atom. The summed E-state index contributed by atoms with van der Waals surface area (Å²) in [6.45, 7) is 4.75. The molecule has 0 atom stereocenters. The molecule has 1 aliphatic rings. The van der Waals surface area contributed by atoms with E-state index < -0.39 is 11.9 Å². The number of hydrogen-bond donors (Lipinski definition) is 1. The van der Waals surface area contributed by atoms with Gasteiger partial charge in [-0.05, 0) is 56.5 Å². The molecule has 2 aromatic rings. The van der Waals surface area contributed by atoms with Gasteiger partial charge in [0.2, 0.25) is 0 Å². The minimum absolute atomic E-state index is 0.125. The molecule has 1 saturated heterocycles. The fraction of sp³-hybridized carbons (Fsp3) is 0.409. The molecule has 3 rings (SSSR count). The van der Waals surface area contributed by atoms with Gasteiger partial charge in [-0.15, -0.1) is 11.3 Å². The van der Waals surface area contributed by atoms with Crippen molar-refractivity contribution in [3.8, 4) is 11.5 Å². The predicted molar refractivity (Wildman–Crippen MR) is 117 cm³/mol. The number of nitrogens with one attached hydrogen (secondary N) is 1. The normalized spacial score (nSPS) is 13.1. The lowest BCUT2D eigenvalue weighted by atomic mass is 10.1. The van der Waals surface area contributed by atoms with Crippen LogP contribution in [0.2, 0.25) is 0 Å². The summed E-state index contributed by atoms with van der Waals surface area (Å²) in [5.74, 6) is 0.0559. The van der Waals surface area contributed by atoms with Gasteiger partial charge in [-0.25, -0.2) is 4.79 Å². The third kappa shape index (κ3) is 5.35. The van der Waals surface area contributed by atoms with Gasteiger partial charge in [-0.2, -0.15) is 0 Å². The number of ether oxygens (including phenoxy) is 3. The van der Waals surface area contributed by atoms with E-state index in [1.807, 2.05) is 0 Å². The molecule has 31 heavy (non-hydrogen) atoms. The number of anilines is 1. The monoisotopic (exact) mass is 446 g/mol. The van der Waals surface area contributed by atoms with Crippen LogP contribution in [0.3, 0.4) is 0 Å². The quantitative estimate of drug-likeness (QED) is 0.624. The fourth-order valence-corrected chi connectivity index (χ4v) is 4.48. The molecule has 0 unspecified atom stereocenters. The zero-order valence-electron chi connectivity index (χ0n) is 17.9. The molecule has 1 fully saturated rings. The Labute approximate surface area is 185 Å².